The summed E-state index contributed by atoms with van der Waals surface area (Å²) in [4.78, 5) is 0. The summed E-state index contributed by atoms with van der Waals surface area (Å²) in [6, 6.07) is 0. The van der Waals surface area contributed by atoms with Crippen LogP contribution in [0, 0.1) is 14.9 Å². The van der Waals surface area contributed by atoms with Gasteiger partial charge in [-0.3, -0.25) is 0 Å². The van der Waals surface area contributed by atoms with E-state index in [1.165, 1.54) is 0 Å². The van der Waals surface area contributed by atoms with Crippen molar-refractivity contribution in [2.75, 3.05) is 0 Å². The van der Waals surface area contributed by atoms with Crippen molar-refractivity contribution in [3.63, 3.8) is 0 Å². The van der Waals surface area contributed by atoms with Crippen LogP contribution >= 0.6 is 0 Å². The maximum absolute atomic E-state index is 6.94. The van der Waals surface area contributed by atoms with Crippen molar-refractivity contribution < 1.29 is 46.5 Å². The Kier molecular flexibility index (Phi) is 112. The predicted molar refractivity (Wildman–Crippen MR) is 48.2 cm³/mol. The van der Waals surface area contributed by atoms with Crippen LogP contribution in [0.25, 0.3) is 5.73 Å². The molecule has 0 spiro atoms. The van der Waals surface area contributed by atoms with Crippen molar-refractivity contribution in [2.45, 2.75) is 26.3 Å². The van der Waals surface area contributed by atoms with E-state index in [1.807, 2.05) is 20.8 Å². The summed E-state index contributed by atoms with van der Waals surface area (Å²) < 4.78 is 0. The van der Waals surface area contributed by atoms with Crippen LogP contribution in [0.1, 0.15) is 20.8 Å². The molecule has 0 aliphatic heterocycles. The van der Waals surface area contributed by atoms with Crippen molar-refractivity contribution in [1.29, 1.82) is 0 Å². The van der Waals surface area contributed by atoms with Gasteiger partial charge < -0.3 is 45.4 Å². The van der Waals surface area contributed by atoms with Crippen LogP contribution in [-0.2, 0) is 21.7 Å². The zero-order valence-corrected chi connectivity index (χ0v) is 10.3. The Labute approximate surface area is 104 Å². The van der Waals surface area contributed by atoms with Crippen LogP contribution in [0.15, 0.2) is 0 Å². The average molecular weight is 253 g/mol. The molecule has 74 valence electrons. The Balaban J connectivity index is -0.00000000533. The normalized spacial score (nSPS) is 5.45. The molecule has 0 bridgehead atoms. The smallest absolute Gasteiger partial charge is 1.00 e. The van der Waals surface area contributed by atoms with E-state index in [2.05, 4.69) is 0 Å². The Morgan fingerprint density at radius 3 is 0.909 bits per heavy atom. The van der Waals surface area contributed by atoms with E-state index in [9.17, 15) is 0 Å². The molecule has 0 saturated carbocycles. The van der Waals surface area contributed by atoms with E-state index in [1.54, 1.807) is 0 Å². The molecule has 0 unspecified atom stereocenters. The first kappa shape index (κ1) is 54.8. The number of halogens is 2. The van der Waals surface area contributed by atoms with Gasteiger partial charge in [0.1, 0.15) is 0 Å². The van der Waals surface area contributed by atoms with Crippen molar-refractivity contribution in [3.8, 4) is 0 Å². The molecule has 0 heterocycles. The van der Waals surface area contributed by atoms with Crippen molar-refractivity contribution in [2.24, 2.45) is 0 Å². The van der Waals surface area contributed by atoms with Crippen LogP contribution in [0.3, 0.4) is 0 Å². The maximum Gasteiger partial charge on any atom is 2.00 e. The molecule has 0 aromatic heterocycles. The fraction of sp³-hybridized carbons (Fsp3) is 0.667. The van der Waals surface area contributed by atoms with E-state index < -0.39 is 0 Å². The van der Waals surface area contributed by atoms with Gasteiger partial charge in [-0.05, 0) is 11.0 Å². The van der Waals surface area contributed by atoms with Crippen LogP contribution in [-0.4, -0.2) is 16.5 Å². The summed E-state index contributed by atoms with van der Waals surface area (Å²) in [6.07, 6.45) is 0. The molecule has 1 nitrogen and oxygen atoms in total. The monoisotopic (exact) mass is 252 g/mol. The summed E-state index contributed by atoms with van der Waals surface area (Å²) in [5.41, 5.74) is 6.69. The van der Waals surface area contributed by atoms with Crippen LogP contribution < -0.4 is 24.8 Å². The van der Waals surface area contributed by atoms with Gasteiger partial charge in [0.2, 0.25) is 0 Å². The molecule has 11 heavy (non-hydrogen) atoms. The molecule has 1 N–H and O–H groups in total. The average Bonchev–Trinajstić information content (AvgIpc) is 0.722. The zero-order chi connectivity index (χ0) is 4.50. The largest absolute Gasteiger partial charge is 2.00 e. The van der Waals surface area contributed by atoms with E-state index in [0.29, 0.717) is 0 Å². The van der Waals surface area contributed by atoms with Gasteiger partial charge in [0.15, 0.2) is 0 Å². The van der Waals surface area contributed by atoms with Crippen LogP contribution in [0.5, 0.6) is 0 Å². The summed E-state index contributed by atoms with van der Waals surface area (Å²) in [5.74, 6) is 0. The van der Waals surface area contributed by atoms with Gasteiger partial charge in [-0.1, -0.05) is 20.8 Å². The number of hydrogen-bond acceptors (Lipinski definition) is 0. The molecule has 0 fully saturated rings. The molecule has 0 radical (unpaired) electrons. The fourth-order valence-corrected chi connectivity index (χ4v) is 0. The quantitative estimate of drug-likeness (QED) is 0.306. The summed E-state index contributed by atoms with van der Waals surface area (Å²) >= 11 is 0. The van der Waals surface area contributed by atoms with E-state index >= 15 is 0 Å². The minimum absolute atomic E-state index is 0. The first-order valence-corrected chi connectivity index (χ1v) is 1.75. The van der Waals surface area contributed by atoms with Crippen molar-refractivity contribution >= 4 is 11.0 Å². The third-order valence-corrected chi connectivity index (χ3v) is 0. The summed E-state index contributed by atoms with van der Waals surface area (Å²) in [7, 11) is 0. The van der Waals surface area contributed by atoms with Gasteiger partial charge in [0, 0.05) is 0 Å². The van der Waals surface area contributed by atoms with Crippen molar-refractivity contribution in [1.82, 2.24) is 0 Å². The molecular formula is C6H20Cl2NSiTi-3. The van der Waals surface area contributed by atoms with E-state index in [0.717, 1.165) is 0 Å². The first-order valence-electron chi connectivity index (χ1n) is 1.75. The number of rotatable bonds is 0. The van der Waals surface area contributed by atoms with Gasteiger partial charge in [-0.2, -0.15) is 0 Å². The molecule has 0 aliphatic carbocycles. The fourth-order valence-electron chi connectivity index (χ4n) is 0. The SMILES string of the molecule is CC(C)(C)[NH-].[CH3-].[CH3-].[Cl-].[Cl-].[SiH4].[Ti+2]. The molecule has 0 aromatic carbocycles. The van der Waals surface area contributed by atoms with Crippen molar-refractivity contribution in [3.05, 3.63) is 20.6 Å². The third-order valence-electron chi connectivity index (χ3n) is 0. The van der Waals surface area contributed by atoms with Gasteiger partial charge in [-0.15, -0.1) is 5.54 Å². The third kappa shape index (κ3) is 475. The predicted octanol–water partition coefficient (Wildman–Crippen LogP) is -4.71. The van der Waals surface area contributed by atoms with Crippen LogP contribution in [0.4, 0.5) is 0 Å². The second-order valence-corrected chi connectivity index (χ2v) is 2.25. The molecule has 5 heteroatoms. The molecule has 0 atom stereocenters. The topological polar surface area (TPSA) is 23.8 Å². The molecule has 0 amide bonds. The molecular weight excluding hydrogens is 233 g/mol. The van der Waals surface area contributed by atoms with E-state index in [-0.39, 0.29) is 77.9 Å². The molecule has 0 aromatic rings. The van der Waals surface area contributed by atoms with Gasteiger partial charge in [-0.25, -0.2) is 0 Å². The molecule has 0 aliphatic rings. The standard InChI is InChI=1S/C4H10N.2CH3.2ClH.H4Si.Ti/c1-4(2,3)5;;;;;;/h5H,1-3H3;2*1H3;2*1H;1H4;/q3*-1;;;;+2/p-2. The first-order chi connectivity index (χ1) is 2.00. The van der Waals surface area contributed by atoms with Gasteiger partial charge in [0.05, 0.1) is 0 Å². The summed E-state index contributed by atoms with van der Waals surface area (Å²) in [6.45, 7) is 5.56. The second-order valence-electron chi connectivity index (χ2n) is 2.25. The maximum atomic E-state index is 6.94. The zero-order valence-electron chi connectivity index (χ0n) is 7.26. The van der Waals surface area contributed by atoms with Gasteiger partial charge >= 0.3 is 21.7 Å². The number of hydrogen-bond donors (Lipinski definition) is 0. The van der Waals surface area contributed by atoms with Crippen LogP contribution in [0.2, 0.25) is 0 Å². The van der Waals surface area contributed by atoms with E-state index in [4.69, 9.17) is 5.73 Å². The Morgan fingerprint density at radius 1 is 0.909 bits per heavy atom. The summed E-state index contributed by atoms with van der Waals surface area (Å²) in [5, 5.41) is 0. The second kappa shape index (κ2) is 22.5. The number of nitrogens with one attached hydrogen (secondary N) is 1. The van der Waals surface area contributed by atoms with Gasteiger partial charge in [0.25, 0.3) is 0 Å². The minimum Gasteiger partial charge on any atom is -1.00 e. The minimum atomic E-state index is -0.250. The Morgan fingerprint density at radius 2 is 0.909 bits per heavy atom. The molecule has 0 saturated heterocycles. The molecule has 0 rings (SSSR count). The Hall–Kier alpha value is 1.47. The Bertz CT molecular complexity index is 36.1.